The highest BCUT2D eigenvalue weighted by Crippen LogP contribution is 2.32. The molecule has 1 aliphatic heterocycles. The Bertz CT molecular complexity index is 643. The number of hydrogen-bond donors (Lipinski definition) is 2. The summed E-state index contributed by atoms with van der Waals surface area (Å²) in [6.07, 6.45) is 10.1. The van der Waals surface area contributed by atoms with Crippen molar-refractivity contribution in [3.8, 4) is 0 Å². The summed E-state index contributed by atoms with van der Waals surface area (Å²) in [6.45, 7) is 2.14. The summed E-state index contributed by atoms with van der Waals surface area (Å²) >= 11 is 0. The van der Waals surface area contributed by atoms with Crippen molar-refractivity contribution in [1.82, 2.24) is 15.6 Å². The second-order valence-electron chi connectivity index (χ2n) is 7.13. The van der Waals surface area contributed by atoms with Crippen LogP contribution in [0.2, 0.25) is 0 Å². The van der Waals surface area contributed by atoms with E-state index in [1.807, 2.05) is 12.3 Å². The molecular weight excluding hydrogens is 282 g/mol. The lowest BCUT2D eigenvalue weighted by Gasteiger charge is -2.33. The molecule has 23 heavy (non-hydrogen) atoms. The molecule has 4 rings (SSSR count). The maximum Gasteiger partial charge on any atom is 0.0746 e. The fourth-order valence-electron chi connectivity index (χ4n) is 4.52. The molecule has 2 heterocycles. The van der Waals surface area contributed by atoms with Crippen LogP contribution < -0.4 is 10.6 Å². The van der Waals surface area contributed by atoms with Crippen molar-refractivity contribution < 1.29 is 0 Å². The molecule has 3 nitrogen and oxygen atoms in total. The van der Waals surface area contributed by atoms with Crippen LogP contribution in [-0.4, -0.2) is 23.6 Å². The fraction of sp³-hybridized carbons (Fsp3) is 0.550. The Morgan fingerprint density at radius 3 is 2.91 bits per heavy atom. The second-order valence-corrected chi connectivity index (χ2v) is 7.13. The Labute approximate surface area is 138 Å². The predicted octanol–water partition coefficient (Wildman–Crippen LogP) is 3.64. The molecule has 1 aromatic carbocycles. The van der Waals surface area contributed by atoms with Crippen molar-refractivity contribution in [2.45, 2.75) is 57.2 Å². The minimum atomic E-state index is 0.657. The zero-order chi connectivity index (χ0) is 15.5. The van der Waals surface area contributed by atoms with Crippen molar-refractivity contribution in [2.24, 2.45) is 5.92 Å². The number of piperidine rings is 1. The van der Waals surface area contributed by atoms with Gasteiger partial charge in [0, 0.05) is 30.2 Å². The van der Waals surface area contributed by atoms with Gasteiger partial charge in [-0.2, -0.15) is 0 Å². The van der Waals surface area contributed by atoms with E-state index in [1.165, 1.54) is 56.0 Å². The quantitative estimate of drug-likeness (QED) is 0.905. The molecule has 2 fully saturated rings. The normalized spacial score (nSPS) is 28.3. The molecule has 1 aliphatic carbocycles. The third-order valence-corrected chi connectivity index (χ3v) is 5.71. The van der Waals surface area contributed by atoms with Crippen molar-refractivity contribution in [3.63, 3.8) is 0 Å². The maximum absolute atomic E-state index is 4.58. The molecule has 0 spiro atoms. The topological polar surface area (TPSA) is 37.0 Å². The van der Waals surface area contributed by atoms with Gasteiger partial charge in [0.25, 0.3) is 0 Å². The highest BCUT2D eigenvalue weighted by atomic mass is 15.0. The number of nitrogens with zero attached hydrogens (tertiary/aromatic N) is 1. The van der Waals surface area contributed by atoms with Crippen molar-refractivity contribution in [1.29, 1.82) is 0 Å². The van der Waals surface area contributed by atoms with Crippen molar-refractivity contribution >= 4 is 10.9 Å². The van der Waals surface area contributed by atoms with E-state index in [2.05, 4.69) is 39.9 Å². The molecule has 3 unspecified atom stereocenters. The summed E-state index contributed by atoms with van der Waals surface area (Å²) in [4.78, 5) is 4.58. The average molecular weight is 309 g/mol. The molecule has 1 saturated heterocycles. The SMILES string of the molecule is c1cnc2c(CNC3CCCC3C3CCCCN3)cccc2c1. The largest absolute Gasteiger partial charge is 0.314 e. The van der Waals surface area contributed by atoms with Gasteiger partial charge in [0.1, 0.15) is 0 Å². The van der Waals surface area contributed by atoms with Gasteiger partial charge in [-0.25, -0.2) is 0 Å². The number of pyridine rings is 1. The van der Waals surface area contributed by atoms with E-state index >= 15 is 0 Å². The maximum atomic E-state index is 4.58. The fourth-order valence-corrected chi connectivity index (χ4v) is 4.52. The molecular formula is C20H27N3. The zero-order valence-electron chi connectivity index (χ0n) is 13.8. The Balaban J connectivity index is 1.45. The predicted molar refractivity (Wildman–Crippen MR) is 95.4 cm³/mol. The van der Waals surface area contributed by atoms with Gasteiger partial charge in [-0.3, -0.25) is 4.98 Å². The summed E-state index contributed by atoms with van der Waals surface area (Å²) in [6, 6.07) is 12.1. The van der Waals surface area contributed by atoms with Crippen LogP contribution >= 0.6 is 0 Å². The molecule has 2 aromatic rings. The molecule has 0 bridgehead atoms. The number of aromatic nitrogens is 1. The second kappa shape index (κ2) is 6.98. The lowest BCUT2D eigenvalue weighted by Crippen LogP contribution is -2.46. The Kier molecular flexibility index (Phi) is 4.58. The molecule has 0 radical (unpaired) electrons. The molecule has 2 N–H and O–H groups in total. The molecule has 1 saturated carbocycles. The molecule has 0 amide bonds. The average Bonchev–Trinajstić information content (AvgIpc) is 3.09. The van der Waals surface area contributed by atoms with Crippen LogP contribution in [-0.2, 0) is 6.54 Å². The standard InChI is InChI=1S/C20H27N3/c1-2-12-21-18(10-1)17-9-4-11-19(17)23-14-16-7-3-6-15-8-5-13-22-20(15)16/h3,5-8,13,17-19,21,23H,1-2,4,9-12,14H2. The number of nitrogens with one attached hydrogen (secondary N) is 2. The van der Waals surface area contributed by atoms with Gasteiger partial charge in [-0.1, -0.05) is 37.1 Å². The van der Waals surface area contributed by atoms with Gasteiger partial charge >= 0.3 is 0 Å². The Morgan fingerprint density at radius 1 is 1.04 bits per heavy atom. The van der Waals surface area contributed by atoms with Gasteiger partial charge in [0.15, 0.2) is 0 Å². The summed E-state index contributed by atoms with van der Waals surface area (Å²) in [5.74, 6) is 0.804. The van der Waals surface area contributed by atoms with E-state index in [4.69, 9.17) is 0 Å². The van der Waals surface area contributed by atoms with Gasteiger partial charge in [0.2, 0.25) is 0 Å². The summed E-state index contributed by atoms with van der Waals surface area (Å²) < 4.78 is 0. The van der Waals surface area contributed by atoms with Crippen LogP contribution in [0.4, 0.5) is 0 Å². The monoisotopic (exact) mass is 309 g/mol. The lowest BCUT2D eigenvalue weighted by atomic mass is 9.88. The third-order valence-electron chi connectivity index (χ3n) is 5.71. The first kappa shape index (κ1) is 15.1. The van der Waals surface area contributed by atoms with Gasteiger partial charge < -0.3 is 10.6 Å². The van der Waals surface area contributed by atoms with Crippen molar-refractivity contribution in [2.75, 3.05) is 6.54 Å². The molecule has 2 aliphatic rings. The Morgan fingerprint density at radius 2 is 2.00 bits per heavy atom. The Hall–Kier alpha value is -1.45. The minimum Gasteiger partial charge on any atom is -0.314 e. The summed E-state index contributed by atoms with van der Waals surface area (Å²) in [5.41, 5.74) is 2.47. The van der Waals surface area contributed by atoms with E-state index in [1.54, 1.807) is 0 Å². The number of para-hydroxylation sites is 1. The minimum absolute atomic E-state index is 0.657. The number of hydrogen-bond acceptors (Lipinski definition) is 3. The zero-order valence-corrected chi connectivity index (χ0v) is 13.8. The number of rotatable bonds is 4. The first-order chi connectivity index (χ1) is 11.4. The van der Waals surface area contributed by atoms with Gasteiger partial charge in [-0.05, 0) is 49.8 Å². The van der Waals surface area contributed by atoms with Crippen molar-refractivity contribution in [3.05, 3.63) is 42.1 Å². The van der Waals surface area contributed by atoms with Crippen LogP contribution in [0.15, 0.2) is 36.5 Å². The van der Waals surface area contributed by atoms with E-state index in [9.17, 15) is 0 Å². The van der Waals surface area contributed by atoms with Crippen LogP contribution in [0.25, 0.3) is 10.9 Å². The molecule has 3 heteroatoms. The van der Waals surface area contributed by atoms with E-state index in [-0.39, 0.29) is 0 Å². The van der Waals surface area contributed by atoms with Crippen LogP contribution in [0.3, 0.4) is 0 Å². The smallest absolute Gasteiger partial charge is 0.0746 e. The molecule has 3 atom stereocenters. The first-order valence-electron chi connectivity index (χ1n) is 9.21. The van der Waals surface area contributed by atoms with E-state index in [0.717, 1.165) is 24.0 Å². The highest BCUT2D eigenvalue weighted by molar-refractivity contribution is 5.81. The molecule has 122 valence electrons. The molecule has 1 aromatic heterocycles. The summed E-state index contributed by atoms with van der Waals surface area (Å²) in [7, 11) is 0. The van der Waals surface area contributed by atoms with E-state index in [0.29, 0.717) is 6.04 Å². The van der Waals surface area contributed by atoms with Crippen LogP contribution in [0, 0.1) is 5.92 Å². The number of benzene rings is 1. The lowest BCUT2D eigenvalue weighted by molar-refractivity contribution is 0.257. The van der Waals surface area contributed by atoms with Gasteiger partial charge in [-0.15, -0.1) is 0 Å². The summed E-state index contributed by atoms with van der Waals surface area (Å²) in [5, 5.41) is 8.86. The highest BCUT2D eigenvalue weighted by Gasteiger charge is 2.33. The van der Waals surface area contributed by atoms with Gasteiger partial charge in [0.05, 0.1) is 5.52 Å². The first-order valence-corrected chi connectivity index (χ1v) is 9.21. The van der Waals surface area contributed by atoms with E-state index < -0.39 is 0 Å². The van der Waals surface area contributed by atoms with Crippen LogP contribution in [0.5, 0.6) is 0 Å². The van der Waals surface area contributed by atoms with Crippen LogP contribution in [0.1, 0.15) is 44.1 Å². The number of fused-ring (bicyclic) bond motifs is 1. The third kappa shape index (κ3) is 3.26.